The van der Waals surface area contributed by atoms with Crippen LogP contribution in [-0.4, -0.2) is 23.9 Å². The first kappa shape index (κ1) is 17.6. The van der Waals surface area contributed by atoms with Crippen molar-refractivity contribution < 1.29 is 36.2 Å². The topological polar surface area (TPSA) is 48.4 Å². The zero-order valence-electron chi connectivity index (χ0n) is 10.5. The number of ether oxygens (including phenoxy) is 2. The molecule has 0 radical (unpaired) electrons. The maximum absolute atomic E-state index is 13.0. The number of carbonyl (C=O) groups excluding carboxylic acids is 1. The first-order chi connectivity index (χ1) is 9.69. The summed E-state index contributed by atoms with van der Waals surface area (Å²) in [5, 5.41) is -0.0932. The van der Waals surface area contributed by atoms with E-state index in [1.165, 1.54) is 6.92 Å². The van der Waals surface area contributed by atoms with Crippen molar-refractivity contribution in [3.8, 4) is 5.88 Å². The number of hydrogen-bond acceptors (Lipinski definition) is 4. The van der Waals surface area contributed by atoms with Gasteiger partial charge in [0.15, 0.2) is 0 Å². The minimum Gasteiger partial charge on any atom is -0.462 e. The molecule has 0 saturated carbocycles. The summed E-state index contributed by atoms with van der Waals surface area (Å²) >= 11 is 2.89. The van der Waals surface area contributed by atoms with E-state index < -0.39 is 35.8 Å². The Morgan fingerprint density at radius 3 is 2.48 bits per heavy atom. The zero-order valence-corrected chi connectivity index (χ0v) is 12.1. The number of alkyl halides is 6. The van der Waals surface area contributed by atoms with Gasteiger partial charge in [0.2, 0.25) is 5.88 Å². The van der Waals surface area contributed by atoms with Gasteiger partial charge in [0.25, 0.3) is 6.43 Å². The van der Waals surface area contributed by atoms with E-state index in [0.717, 1.165) is 6.07 Å². The van der Waals surface area contributed by atoms with E-state index in [1.807, 2.05) is 0 Å². The molecule has 1 aromatic rings. The molecule has 0 unspecified atom stereocenters. The second-order valence-electron chi connectivity index (χ2n) is 3.59. The molecule has 0 aromatic carbocycles. The summed E-state index contributed by atoms with van der Waals surface area (Å²) in [4.78, 5) is 15.0. The zero-order chi connectivity index (χ0) is 16.2. The Morgan fingerprint density at radius 2 is 2.05 bits per heavy atom. The van der Waals surface area contributed by atoms with Crippen molar-refractivity contribution >= 4 is 21.9 Å². The molecule has 0 fully saturated rings. The summed E-state index contributed by atoms with van der Waals surface area (Å²) < 4.78 is 71.0. The first-order valence-electron chi connectivity index (χ1n) is 5.50. The predicted molar refractivity (Wildman–Crippen MR) is 64.5 cm³/mol. The summed E-state index contributed by atoms with van der Waals surface area (Å²) in [5.41, 5.74) is -2.11. The molecule has 118 valence electrons. The highest BCUT2D eigenvalue weighted by Gasteiger charge is 2.36. The number of aromatic nitrogens is 1. The average Bonchev–Trinajstić information content (AvgIpc) is 2.35. The highest BCUT2D eigenvalue weighted by molar-refractivity contribution is 9.08. The lowest BCUT2D eigenvalue weighted by Crippen LogP contribution is -2.22. The summed E-state index contributed by atoms with van der Waals surface area (Å²) in [7, 11) is 0. The van der Waals surface area contributed by atoms with E-state index in [0.29, 0.717) is 0 Å². The smallest absolute Gasteiger partial charge is 0.462 e. The Hall–Kier alpha value is -1.45. The lowest BCUT2D eigenvalue weighted by atomic mass is 10.1. The van der Waals surface area contributed by atoms with Crippen LogP contribution in [0, 0.1) is 0 Å². The van der Waals surface area contributed by atoms with Crippen LogP contribution in [0.5, 0.6) is 5.88 Å². The van der Waals surface area contributed by atoms with Gasteiger partial charge in [-0.05, 0) is 13.0 Å². The van der Waals surface area contributed by atoms with Gasteiger partial charge in [-0.1, -0.05) is 15.9 Å². The van der Waals surface area contributed by atoms with Crippen molar-refractivity contribution in [2.45, 2.75) is 25.0 Å². The second kappa shape index (κ2) is 7.01. The van der Waals surface area contributed by atoms with Gasteiger partial charge >= 0.3 is 12.3 Å². The molecule has 0 amide bonds. The molecule has 21 heavy (non-hydrogen) atoms. The van der Waals surface area contributed by atoms with E-state index in [1.54, 1.807) is 0 Å². The number of esters is 1. The number of halogens is 6. The molecule has 1 aromatic heterocycles. The maximum atomic E-state index is 13.0. The molecule has 10 heteroatoms. The SMILES string of the molecule is CCOC(=O)c1c(C(F)F)cc(CBr)nc1OC(F)(F)F. The number of rotatable bonds is 5. The van der Waals surface area contributed by atoms with Crippen molar-refractivity contribution in [1.29, 1.82) is 0 Å². The molecular weight excluding hydrogens is 369 g/mol. The van der Waals surface area contributed by atoms with Crippen molar-refractivity contribution in [2.24, 2.45) is 0 Å². The molecule has 0 bridgehead atoms. The predicted octanol–water partition coefficient (Wildman–Crippen LogP) is 3.99. The average molecular weight is 378 g/mol. The molecule has 0 N–H and O–H groups in total. The van der Waals surface area contributed by atoms with Gasteiger partial charge in [-0.15, -0.1) is 13.2 Å². The third-order valence-corrected chi connectivity index (χ3v) is 2.71. The van der Waals surface area contributed by atoms with E-state index in [4.69, 9.17) is 0 Å². The van der Waals surface area contributed by atoms with Crippen molar-refractivity contribution in [3.05, 3.63) is 22.9 Å². The molecular formula is C11H9BrF5NO3. The number of carbonyl (C=O) groups is 1. The fourth-order valence-electron chi connectivity index (χ4n) is 1.43. The lowest BCUT2D eigenvalue weighted by Gasteiger charge is -2.15. The highest BCUT2D eigenvalue weighted by Crippen LogP contribution is 2.33. The van der Waals surface area contributed by atoms with Crippen molar-refractivity contribution in [2.75, 3.05) is 6.61 Å². The van der Waals surface area contributed by atoms with Crippen LogP contribution in [0.2, 0.25) is 0 Å². The van der Waals surface area contributed by atoms with Gasteiger partial charge < -0.3 is 9.47 Å². The van der Waals surface area contributed by atoms with Gasteiger partial charge in [0, 0.05) is 10.9 Å². The Balaban J connectivity index is 3.48. The number of hydrogen-bond donors (Lipinski definition) is 0. The third-order valence-electron chi connectivity index (χ3n) is 2.13. The standard InChI is InChI=1S/C11H9BrF5NO3/c1-2-20-10(19)7-6(8(13)14)3-5(4-12)18-9(7)21-11(15,16)17/h3,8H,2,4H2,1H3. The van der Waals surface area contributed by atoms with Crippen LogP contribution in [-0.2, 0) is 10.1 Å². The Morgan fingerprint density at radius 1 is 1.43 bits per heavy atom. The van der Waals surface area contributed by atoms with Crippen molar-refractivity contribution in [1.82, 2.24) is 4.98 Å². The molecule has 1 rings (SSSR count). The largest absolute Gasteiger partial charge is 0.574 e. The van der Waals surface area contributed by atoms with E-state index in [2.05, 4.69) is 30.4 Å². The van der Waals surface area contributed by atoms with Crippen LogP contribution < -0.4 is 4.74 Å². The first-order valence-corrected chi connectivity index (χ1v) is 6.62. The lowest BCUT2D eigenvalue weighted by molar-refractivity contribution is -0.276. The van der Waals surface area contributed by atoms with Crippen LogP contribution in [0.15, 0.2) is 6.07 Å². The van der Waals surface area contributed by atoms with E-state index in [-0.39, 0.29) is 17.6 Å². The fourth-order valence-corrected chi connectivity index (χ4v) is 1.71. The summed E-state index contributed by atoms with van der Waals surface area (Å²) in [6, 6.07) is 0.814. The Labute approximate surface area is 124 Å². The molecule has 0 aliphatic rings. The van der Waals surface area contributed by atoms with Crippen molar-refractivity contribution in [3.63, 3.8) is 0 Å². The molecule has 0 atom stereocenters. The van der Waals surface area contributed by atoms with Gasteiger partial charge in [-0.25, -0.2) is 18.6 Å². The van der Waals surface area contributed by atoms with Crippen LogP contribution >= 0.6 is 15.9 Å². The normalized spacial score (nSPS) is 11.6. The van der Waals surface area contributed by atoms with Crippen LogP contribution in [0.3, 0.4) is 0 Å². The Bertz CT molecular complexity index is 521. The van der Waals surface area contributed by atoms with Crippen LogP contribution in [0.1, 0.15) is 35.0 Å². The van der Waals surface area contributed by atoms with Gasteiger partial charge in [0.1, 0.15) is 5.56 Å². The Kier molecular flexibility index (Phi) is 5.87. The third kappa shape index (κ3) is 4.80. The molecule has 0 spiro atoms. The minimum atomic E-state index is -5.18. The molecule has 1 heterocycles. The summed E-state index contributed by atoms with van der Waals surface area (Å²) in [6.07, 6.45) is -8.38. The minimum absolute atomic E-state index is 0.0932. The van der Waals surface area contributed by atoms with E-state index in [9.17, 15) is 26.7 Å². The number of pyridine rings is 1. The van der Waals surface area contributed by atoms with Gasteiger partial charge in [-0.3, -0.25) is 0 Å². The highest BCUT2D eigenvalue weighted by atomic mass is 79.9. The monoisotopic (exact) mass is 377 g/mol. The second-order valence-corrected chi connectivity index (χ2v) is 4.15. The fraction of sp³-hybridized carbons (Fsp3) is 0.455. The molecule has 0 saturated heterocycles. The molecule has 0 aliphatic heterocycles. The molecule has 0 aliphatic carbocycles. The summed E-state index contributed by atoms with van der Waals surface area (Å²) in [5.74, 6) is -2.62. The number of nitrogens with zero attached hydrogens (tertiary/aromatic N) is 1. The van der Waals surface area contributed by atoms with Gasteiger partial charge in [-0.2, -0.15) is 0 Å². The maximum Gasteiger partial charge on any atom is 0.574 e. The summed E-state index contributed by atoms with van der Waals surface area (Å²) in [6.45, 7) is 1.18. The molecule has 4 nitrogen and oxygen atoms in total. The van der Waals surface area contributed by atoms with Gasteiger partial charge in [0.05, 0.1) is 12.3 Å². The van der Waals surface area contributed by atoms with Crippen LogP contribution in [0.25, 0.3) is 0 Å². The van der Waals surface area contributed by atoms with E-state index >= 15 is 0 Å². The van der Waals surface area contributed by atoms with Crippen LogP contribution in [0.4, 0.5) is 22.0 Å². The quantitative estimate of drug-likeness (QED) is 0.442.